The van der Waals surface area contributed by atoms with E-state index in [-0.39, 0.29) is 0 Å². The predicted octanol–water partition coefficient (Wildman–Crippen LogP) is 10.8. The molecule has 1 aliphatic carbocycles. The van der Waals surface area contributed by atoms with Crippen molar-refractivity contribution < 1.29 is 0 Å². The zero-order valence-electron chi connectivity index (χ0n) is 26.0. The summed E-state index contributed by atoms with van der Waals surface area (Å²) in [5, 5.41) is 0. The molecule has 1 aromatic heterocycles. The molecule has 8 aromatic rings. The summed E-state index contributed by atoms with van der Waals surface area (Å²) >= 11 is 1.87. The Hall–Kier alpha value is -5.84. The van der Waals surface area contributed by atoms with E-state index in [0.717, 1.165) is 44.9 Å². The van der Waals surface area contributed by atoms with Crippen molar-refractivity contribution in [3.05, 3.63) is 186 Å². The van der Waals surface area contributed by atoms with E-state index in [9.17, 15) is 0 Å². The Morgan fingerprint density at radius 2 is 1.17 bits per heavy atom. The van der Waals surface area contributed by atoms with Gasteiger partial charge in [-0.05, 0) is 99.1 Å². The highest BCUT2D eigenvalue weighted by atomic mass is 32.2. The molecule has 0 unspecified atom stereocenters. The van der Waals surface area contributed by atoms with Gasteiger partial charge in [0.1, 0.15) is 5.82 Å². The van der Waals surface area contributed by atoms with Gasteiger partial charge in [-0.3, -0.25) is 4.57 Å². The van der Waals surface area contributed by atoms with E-state index in [1.807, 2.05) is 23.9 Å². The zero-order chi connectivity index (χ0) is 31.8. The largest absolute Gasteiger partial charge is 0.399 e. The Labute approximate surface area is 283 Å². The molecule has 2 N–H and O–H groups in total. The zero-order valence-corrected chi connectivity index (χ0v) is 26.8. The average molecular weight is 632 g/mol. The van der Waals surface area contributed by atoms with Crippen LogP contribution < -0.4 is 5.73 Å². The fourth-order valence-electron chi connectivity index (χ4n) is 8.04. The minimum atomic E-state index is -0.484. The van der Waals surface area contributed by atoms with E-state index < -0.39 is 5.41 Å². The first-order chi connectivity index (χ1) is 23.7. The number of nitrogens with two attached hydrogens (primary N) is 1. The van der Waals surface area contributed by atoms with Crippen molar-refractivity contribution in [1.29, 1.82) is 0 Å². The Kier molecular flexibility index (Phi) is 5.87. The highest BCUT2D eigenvalue weighted by molar-refractivity contribution is 7.99. The number of rotatable bonds is 3. The lowest BCUT2D eigenvalue weighted by Crippen LogP contribution is -2.31. The van der Waals surface area contributed by atoms with Crippen molar-refractivity contribution in [1.82, 2.24) is 9.55 Å². The molecule has 10 rings (SSSR count). The van der Waals surface area contributed by atoms with E-state index in [1.54, 1.807) is 0 Å². The highest BCUT2D eigenvalue weighted by Gasteiger charge is 2.51. The molecular formula is C44H29N3S. The standard InChI is InChI=1S/C44H29N3S/c45-30-24-21-28(22-25-30)29-23-26-34-33(27-29)42-32(43-46-38-17-6-7-18-39(38)47(43)31-11-2-1-3-12-31)13-10-16-37(42)44(34)35-14-4-8-19-40(35)48-41-20-9-5-15-36(41)44/h1-27H,45H2. The first-order valence-corrected chi connectivity index (χ1v) is 17.1. The topological polar surface area (TPSA) is 43.8 Å². The maximum Gasteiger partial charge on any atom is 0.146 e. The third-order valence-corrected chi connectivity index (χ3v) is 11.2. The first kappa shape index (κ1) is 27.3. The van der Waals surface area contributed by atoms with Gasteiger partial charge in [-0.25, -0.2) is 4.98 Å². The smallest absolute Gasteiger partial charge is 0.146 e. The molecule has 1 aliphatic heterocycles. The number of anilines is 1. The van der Waals surface area contributed by atoms with Crippen LogP contribution in [0.25, 0.3) is 50.4 Å². The van der Waals surface area contributed by atoms with E-state index >= 15 is 0 Å². The van der Waals surface area contributed by atoms with Crippen LogP contribution >= 0.6 is 11.8 Å². The summed E-state index contributed by atoms with van der Waals surface area (Å²) in [6.07, 6.45) is 0. The maximum absolute atomic E-state index is 6.11. The number of hydrogen-bond donors (Lipinski definition) is 1. The molecular weight excluding hydrogens is 603 g/mol. The minimum absolute atomic E-state index is 0.484. The summed E-state index contributed by atoms with van der Waals surface area (Å²) < 4.78 is 2.32. The third-order valence-electron chi connectivity index (χ3n) is 10.0. The molecule has 0 amide bonds. The van der Waals surface area contributed by atoms with Gasteiger partial charge in [-0.1, -0.05) is 121 Å². The number of nitrogens with zero attached hydrogens (tertiary/aromatic N) is 2. The Bertz CT molecular complexity index is 2500. The van der Waals surface area contributed by atoms with Crippen molar-refractivity contribution in [2.75, 3.05) is 5.73 Å². The number of nitrogen functional groups attached to an aromatic ring is 1. The molecule has 0 bridgehead atoms. The number of imidazole rings is 1. The lowest BCUT2D eigenvalue weighted by atomic mass is 9.67. The molecule has 226 valence electrons. The second-order valence-electron chi connectivity index (χ2n) is 12.5. The van der Waals surface area contributed by atoms with E-state index in [0.29, 0.717) is 0 Å². The van der Waals surface area contributed by atoms with Gasteiger partial charge in [0.25, 0.3) is 0 Å². The van der Waals surface area contributed by atoms with Crippen molar-refractivity contribution in [3.8, 4) is 39.3 Å². The van der Waals surface area contributed by atoms with Gasteiger partial charge in [0.2, 0.25) is 0 Å². The second-order valence-corrected chi connectivity index (χ2v) is 13.6. The number of fused-ring (bicyclic) bond motifs is 10. The van der Waals surface area contributed by atoms with Crippen LogP contribution in [-0.4, -0.2) is 9.55 Å². The highest BCUT2D eigenvalue weighted by Crippen LogP contribution is 2.63. The maximum atomic E-state index is 6.11. The lowest BCUT2D eigenvalue weighted by molar-refractivity contribution is 0.722. The molecule has 0 fully saturated rings. The van der Waals surface area contributed by atoms with Gasteiger partial charge in [0.15, 0.2) is 0 Å². The van der Waals surface area contributed by atoms with Gasteiger partial charge in [-0.2, -0.15) is 0 Å². The monoisotopic (exact) mass is 631 g/mol. The molecule has 0 saturated carbocycles. The molecule has 3 nitrogen and oxygen atoms in total. The first-order valence-electron chi connectivity index (χ1n) is 16.3. The Balaban J connectivity index is 1.35. The molecule has 7 aromatic carbocycles. The van der Waals surface area contributed by atoms with Gasteiger partial charge >= 0.3 is 0 Å². The van der Waals surface area contributed by atoms with Crippen molar-refractivity contribution in [2.45, 2.75) is 15.2 Å². The number of hydrogen-bond acceptors (Lipinski definition) is 3. The summed E-state index contributed by atoms with van der Waals surface area (Å²) in [5.74, 6) is 0.937. The fraction of sp³-hybridized carbons (Fsp3) is 0.0227. The Morgan fingerprint density at radius 1 is 0.521 bits per heavy atom. The van der Waals surface area contributed by atoms with Crippen LogP contribution in [0.2, 0.25) is 0 Å². The molecule has 2 aliphatic rings. The van der Waals surface area contributed by atoms with Crippen LogP contribution in [0.4, 0.5) is 5.69 Å². The number of benzene rings is 7. The molecule has 48 heavy (non-hydrogen) atoms. The average Bonchev–Trinajstić information content (AvgIpc) is 3.67. The van der Waals surface area contributed by atoms with Crippen LogP contribution in [0, 0.1) is 0 Å². The van der Waals surface area contributed by atoms with Crippen LogP contribution in [0.15, 0.2) is 174 Å². The Morgan fingerprint density at radius 3 is 1.94 bits per heavy atom. The molecule has 0 radical (unpaired) electrons. The van der Waals surface area contributed by atoms with Gasteiger partial charge < -0.3 is 5.73 Å². The van der Waals surface area contributed by atoms with Crippen LogP contribution in [-0.2, 0) is 5.41 Å². The molecule has 1 spiro atoms. The second kappa shape index (κ2) is 10.3. The minimum Gasteiger partial charge on any atom is -0.399 e. The molecule has 2 heterocycles. The van der Waals surface area contributed by atoms with Crippen molar-refractivity contribution in [2.24, 2.45) is 0 Å². The quantitative estimate of drug-likeness (QED) is 0.197. The predicted molar refractivity (Wildman–Crippen MR) is 198 cm³/mol. The normalized spacial score (nSPS) is 13.6. The van der Waals surface area contributed by atoms with Gasteiger partial charge in [-0.15, -0.1) is 0 Å². The molecule has 0 atom stereocenters. The van der Waals surface area contributed by atoms with Crippen molar-refractivity contribution in [3.63, 3.8) is 0 Å². The van der Waals surface area contributed by atoms with Gasteiger partial charge in [0.05, 0.1) is 16.4 Å². The van der Waals surface area contributed by atoms with Gasteiger partial charge in [0, 0.05) is 26.7 Å². The van der Waals surface area contributed by atoms with Crippen LogP contribution in [0.5, 0.6) is 0 Å². The van der Waals surface area contributed by atoms with E-state index in [4.69, 9.17) is 10.7 Å². The SMILES string of the molecule is Nc1ccc(-c2ccc3c(c2)-c2c(-c4nc5ccccc5n4-c4ccccc4)cccc2C32c3ccccc3Sc3ccccc32)cc1. The molecule has 4 heteroatoms. The van der Waals surface area contributed by atoms with Crippen LogP contribution in [0.1, 0.15) is 22.3 Å². The number of para-hydroxylation sites is 3. The van der Waals surface area contributed by atoms with Crippen molar-refractivity contribution >= 4 is 28.5 Å². The fourth-order valence-corrected chi connectivity index (χ4v) is 9.23. The summed E-state index contributed by atoms with van der Waals surface area (Å²) in [6, 6.07) is 59.0. The summed E-state index contributed by atoms with van der Waals surface area (Å²) in [4.78, 5) is 7.95. The summed E-state index contributed by atoms with van der Waals surface area (Å²) in [7, 11) is 0. The summed E-state index contributed by atoms with van der Waals surface area (Å²) in [5.41, 5.74) is 20.7. The van der Waals surface area contributed by atoms with E-state index in [2.05, 4.69) is 156 Å². The number of aromatic nitrogens is 2. The van der Waals surface area contributed by atoms with Crippen LogP contribution in [0.3, 0.4) is 0 Å². The van der Waals surface area contributed by atoms with E-state index in [1.165, 1.54) is 43.2 Å². The third kappa shape index (κ3) is 3.75. The molecule has 0 saturated heterocycles. The lowest BCUT2D eigenvalue weighted by Gasteiger charge is -2.39. The summed E-state index contributed by atoms with van der Waals surface area (Å²) in [6.45, 7) is 0.